The van der Waals surface area contributed by atoms with E-state index in [-0.39, 0.29) is 18.4 Å². The van der Waals surface area contributed by atoms with E-state index in [2.05, 4.69) is 18.7 Å². The minimum atomic E-state index is -0.902. The van der Waals surface area contributed by atoms with Crippen molar-refractivity contribution in [3.05, 3.63) is 42.0 Å². The fourth-order valence-corrected chi connectivity index (χ4v) is 6.39. The number of aliphatic carboxylic acids is 1. The average molecular weight is 524 g/mol. The molecular formula is C27H35F2NO3S2. The number of nitrogens with zero attached hydrogens (tertiary/aromatic N) is 1. The van der Waals surface area contributed by atoms with E-state index in [1.165, 1.54) is 23.9 Å². The quantitative estimate of drug-likeness (QED) is 0.283. The summed E-state index contributed by atoms with van der Waals surface area (Å²) >= 11 is 3.30. The number of anilines is 2. The molecule has 0 amide bonds. The second kappa shape index (κ2) is 12.9. The van der Waals surface area contributed by atoms with Crippen molar-refractivity contribution in [3.63, 3.8) is 0 Å². The Balaban J connectivity index is 2.09. The predicted molar refractivity (Wildman–Crippen MR) is 142 cm³/mol. The number of hydrogen-bond donors (Lipinski definition) is 1. The Morgan fingerprint density at radius 1 is 1.14 bits per heavy atom. The van der Waals surface area contributed by atoms with Gasteiger partial charge in [-0.3, -0.25) is 4.79 Å². The van der Waals surface area contributed by atoms with Gasteiger partial charge in [0.15, 0.2) is 11.6 Å². The standard InChI is InChI=1S/C27H35F2NO3S2/c1-4-6-11-27(12-7-5-2)17-30(19-8-9-20(28)21(29)14-19)22-15-25(34-3)23(16-24(22)35-18-27)33-13-10-26(31)32/h8-9,14-16H,4-7,10-13,17-18H2,1-3H3,(H,31,32). The van der Waals surface area contributed by atoms with Gasteiger partial charge < -0.3 is 14.7 Å². The zero-order valence-corrected chi connectivity index (χ0v) is 22.4. The molecule has 0 atom stereocenters. The molecule has 2 aromatic rings. The summed E-state index contributed by atoms with van der Waals surface area (Å²) in [6.07, 6.45) is 8.46. The van der Waals surface area contributed by atoms with E-state index in [4.69, 9.17) is 9.84 Å². The number of unbranched alkanes of at least 4 members (excludes halogenated alkanes) is 2. The lowest BCUT2D eigenvalue weighted by molar-refractivity contribution is -0.137. The van der Waals surface area contributed by atoms with Crippen molar-refractivity contribution in [3.8, 4) is 5.75 Å². The molecular weight excluding hydrogens is 488 g/mol. The van der Waals surface area contributed by atoms with Gasteiger partial charge in [0.05, 0.1) is 23.6 Å². The number of hydrogen-bond acceptors (Lipinski definition) is 5. The van der Waals surface area contributed by atoms with Crippen LogP contribution >= 0.6 is 23.5 Å². The molecule has 1 heterocycles. The monoisotopic (exact) mass is 523 g/mol. The third kappa shape index (κ3) is 7.06. The van der Waals surface area contributed by atoms with Gasteiger partial charge in [-0.15, -0.1) is 23.5 Å². The molecule has 35 heavy (non-hydrogen) atoms. The molecule has 1 aliphatic rings. The molecule has 0 aromatic heterocycles. The van der Waals surface area contributed by atoms with Gasteiger partial charge in [0.2, 0.25) is 0 Å². The molecule has 0 radical (unpaired) electrons. The van der Waals surface area contributed by atoms with Crippen LogP contribution in [-0.2, 0) is 4.79 Å². The van der Waals surface area contributed by atoms with Gasteiger partial charge in [-0.25, -0.2) is 8.78 Å². The highest BCUT2D eigenvalue weighted by Gasteiger charge is 2.36. The maximum Gasteiger partial charge on any atom is 0.306 e. The first-order valence-corrected chi connectivity index (χ1v) is 14.5. The highest BCUT2D eigenvalue weighted by Crippen LogP contribution is 2.50. The number of carboxylic acids is 1. The Morgan fingerprint density at radius 3 is 2.46 bits per heavy atom. The third-order valence-corrected chi connectivity index (χ3v) is 8.63. The maximum atomic E-state index is 14.3. The zero-order chi connectivity index (χ0) is 25.4. The summed E-state index contributed by atoms with van der Waals surface area (Å²) in [7, 11) is 0. The number of fused-ring (bicyclic) bond motifs is 1. The van der Waals surface area contributed by atoms with Crippen LogP contribution in [-0.4, -0.2) is 36.2 Å². The summed E-state index contributed by atoms with van der Waals surface area (Å²) in [5.41, 5.74) is 1.62. The van der Waals surface area contributed by atoms with Crippen LogP contribution in [0.25, 0.3) is 0 Å². The highest BCUT2D eigenvalue weighted by atomic mass is 32.2. The molecule has 8 heteroatoms. The van der Waals surface area contributed by atoms with E-state index in [0.717, 1.165) is 66.3 Å². The SMILES string of the molecule is CCCCC1(CCCC)CSc2cc(OCCC(=O)O)c(SC)cc2N(c2ccc(F)c(F)c2)C1. The molecule has 0 aliphatic carbocycles. The van der Waals surface area contributed by atoms with Crippen LogP contribution in [0.15, 0.2) is 40.1 Å². The van der Waals surface area contributed by atoms with Crippen molar-refractivity contribution < 1.29 is 23.4 Å². The first-order chi connectivity index (χ1) is 16.8. The largest absolute Gasteiger partial charge is 0.492 e. The van der Waals surface area contributed by atoms with Crippen LogP contribution in [0, 0.1) is 17.0 Å². The van der Waals surface area contributed by atoms with Crippen LogP contribution in [0.5, 0.6) is 5.75 Å². The Morgan fingerprint density at radius 2 is 1.86 bits per heavy atom. The zero-order valence-electron chi connectivity index (χ0n) is 20.7. The number of halogens is 2. The van der Waals surface area contributed by atoms with E-state index >= 15 is 0 Å². The van der Waals surface area contributed by atoms with Crippen molar-refractivity contribution in [2.24, 2.45) is 5.41 Å². The van der Waals surface area contributed by atoms with Gasteiger partial charge in [0.1, 0.15) is 5.75 Å². The van der Waals surface area contributed by atoms with E-state index in [0.29, 0.717) is 11.4 Å². The number of rotatable bonds is 12. The predicted octanol–water partition coefficient (Wildman–Crippen LogP) is 8.15. The molecule has 0 bridgehead atoms. The van der Waals surface area contributed by atoms with E-state index < -0.39 is 17.6 Å². The second-order valence-electron chi connectivity index (χ2n) is 9.14. The Hall–Kier alpha value is -1.93. The number of benzene rings is 2. The van der Waals surface area contributed by atoms with Crippen molar-refractivity contribution >= 4 is 40.9 Å². The molecule has 1 N–H and O–H groups in total. The maximum absolute atomic E-state index is 14.3. The summed E-state index contributed by atoms with van der Waals surface area (Å²) < 4.78 is 34.0. The van der Waals surface area contributed by atoms with Crippen LogP contribution in [0.4, 0.5) is 20.2 Å². The van der Waals surface area contributed by atoms with Gasteiger partial charge in [0.25, 0.3) is 0 Å². The van der Waals surface area contributed by atoms with Gasteiger partial charge >= 0.3 is 5.97 Å². The third-order valence-electron chi connectivity index (χ3n) is 6.47. The van der Waals surface area contributed by atoms with E-state index in [1.807, 2.05) is 18.4 Å². The summed E-state index contributed by atoms with van der Waals surface area (Å²) in [6.45, 7) is 5.22. The molecule has 0 spiro atoms. The fourth-order valence-electron chi connectivity index (χ4n) is 4.49. The first kappa shape index (κ1) is 27.7. The summed E-state index contributed by atoms with van der Waals surface area (Å²) in [4.78, 5) is 15.0. The molecule has 0 fully saturated rings. The van der Waals surface area contributed by atoms with Crippen LogP contribution in [0.3, 0.4) is 0 Å². The minimum Gasteiger partial charge on any atom is -0.492 e. The Labute approximate surface area is 215 Å². The molecule has 0 saturated heterocycles. The number of thioether (sulfide) groups is 2. The summed E-state index contributed by atoms with van der Waals surface area (Å²) in [5, 5.41) is 9.00. The summed E-state index contributed by atoms with van der Waals surface area (Å²) in [6, 6.07) is 8.16. The van der Waals surface area contributed by atoms with Gasteiger partial charge in [0, 0.05) is 28.9 Å². The number of carboxylic acid groups (broad SMARTS) is 1. The van der Waals surface area contributed by atoms with Gasteiger partial charge in [-0.2, -0.15) is 0 Å². The molecule has 0 unspecified atom stereocenters. The lowest BCUT2D eigenvalue weighted by Gasteiger charge is -2.37. The lowest BCUT2D eigenvalue weighted by atomic mass is 9.79. The first-order valence-electron chi connectivity index (χ1n) is 12.2. The normalized spacial score (nSPS) is 14.9. The average Bonchev–Trinajstić information content (AvgIpc) is 3.00. The van der Waals surface area contributed by atoms with E-state index in [9.17, 15) is 13.6 Å². The molecule has 192 valence electrons. The lowest BCUT2D eigenvalue weighted by Crippen LogP contribution is -2.36. The highest BCUT2D eigenvalue weighted by molar-refractivity contribution is 7.99. The van der Waals surface area contributed by atoms with Crippen molar-refractivity contribution in [1.29, 1.82) is 0 Å². The summed E-state index contributed by atoms with van der Waals surface area (Å²) in [5.74, 6) is -1.03. The number of carbonyl (C=O) groups is 1. The molecule has 4 nitrogen and oxygen atoms in total. The van der Waals surface area contributed by atoms with Crippen molar-refractivity contribution in [2.45, 2.75) is 68.6 Å². The second-order valence-corrected chi connectivity index (χ2v) is 11.0. The topological polar surface area (TPSA) is 49.8 Å². The van der Waals surface area contributed by atoms with Crippen LogP contribution in [0.2, 0.25) is 0 Å². The van der Waals surface area contributed by atoms with Crippen LogP contribution < -0.4 is 9.64 Å². The minimum absolute atomic E-state index is 0.0322. The molecule has 2 aromatic carbocycles. The number of ether oxygens (including phenoxy) is 1. The molecule has 0 saturated carbocycles. The smallest absolute Gasteiger partial charge is 0.306 e. The van der Waals surface area contributed by atoms with Gasteiger partial charge in [-0.1, -0.05) is 39.5 Å². The van der Waals surface area contributed by atoms with Crippen molar-refractivity contribution in [1.82, 2.24) is 0 Å². The molecule has 3 rings (SSSR count). The van der Waals surface area contributed by atoms with Crippen LogP contribution in [0.1, 0.15) is 58.8 Å². The van der Waals surface area contributed by atoms with E-state index in [1.54, 1.807) is 17.8 Å². The Kier molecular flexibility index (Phi) is 10.2. The molecule has 1 aliphatic heterocycles. The van der Waals surface area contributed by atoms with Gasteiger partial charge in [-0.05, 0) is 48.8 Å². The fraction of sp³-hybridized carbons (Fsp3) is 0.519. The Bertz CT molecular complexity index is 1010. The van der Waals surface area contributed by atoms with Crippen molar-refractivity contribution in [2.75, 3.05) is 30.1 Å².